The van der Waals surface area contributed by atoms with Crippen molar-refractivity contribution in [1.82, 2.24) is 9.97 Å². The molecule has 0 saturated carbocycles. The molecule has 136 valence electrons. The molecule has 2 aromatic rings. The number of carbonyl (C=O) groups excluding carboxylic acids is 1. The molecule has 0 saturated heterocycles. The molecule has 1 aliphatic rings. The first-order valence-electron chi connectivity index (χ1n) is 8.46. The number of carbonyl (C=O) groups is 1. The second kappa shape index (κ2) is 7.82. The molecule has 0 bridgehead atoms. The number of thiophene rings is 1. The normalized spacial score (nSPS) is 20.0. The molecule has 0 unspecified atom stereocenters. The van der Waals surface area contributed by atoms with Crippen LogP contribution < -0.4 is 5.73 Å². The molecule has 1 atom stereocenters. The molecule has 0 radical (unpaired) electrons. The second-order valence-electron chi connectivity index (χ2n) is 6.37. The second-order valence-corrected chi connectivity index (χ2v) is 9.48. The summed E-state index contributed by atoms with van der Waals surface area (Å²) in [7, 11) is 0. The maximum atomic E-state index is 11.3. The van der Waals surface area contributed by atoms with Crippen molar-refractivity contribution in [1.29, 1.82) is 0 Å². The third kappa shape index (κ3) is 4.13. The standard InChI is InChI=1S/C17H23N3O2S3/c1-4-6-23-16-19-14(24-9-12(18)21)13-10-7-17(3,5-2)22-8-11(10)25-15(13)20-16/h4-9H2,1-3H3,(H2,18,21)/t17-/m1/s1. The number of nitrogens with zero attached hydrogens (tertiary/aromatic N) is 2. The van der Waals surface area contributed by atoms with Crippen LogP contribution in [-0.4, -0.2) is 33.0 Å². The number of ether oxygens (including phenoxy) is 1. The van der Waals surface area contributed by atoms with Gasteiger partial charge in [-0.1, -0.05) is 37.4 Å². The van der Waals surface area contributed by atoms with Crippen LogP contribution in [0.15, 0.2) is 10.2 Å². The molecule has 3 heterocycles. The number of amides is 1. The Kier molecular flexibility index (Phi) is 5.92. The van der Waals surface area contributed by atoms with E-state index < -0.39 is 0 Å². The lowest BCUT2D eigenvalue weighted by Crippen LogP contribution is -2.33. The molecule has 0 spiro atoms. The fourth-order valence-electron chi connectivity index (χ4n) is 2.75. The summed E-state index contributed by atoms with van der Waals surface area (Å²) in [6.45, 7) is 7.07. The van der Waals surface area contributed by atoms with Crippen LogP contribution in [0.5, 0.6) is 0 Å². The van der Waals surface area contributed by atoms with E-state index in [0.29, 0.717) is 6.61 Å². The Morgan fingerprint density at radius 3 is 2.84 bits per heavy atom. The summed E-state index contributed by atoms with van der Waals surface area (Å²) in [5.74, 6) is 0.884. The fourth-order valence-corrected chi connectivity index (χ4v) is 5.52. The highest BCUT2D eigenvalue weighted by Crippen LogP contribution is 2.43. The molecule has 2 aromatic heterocycles. The van der Waals surface area contributed by atoms with Crippen LogP contribution in [0.2, 0.25) is 0 Å². The zero-order valence-electron chi connectivity index (χ0n) is 14.8. The van der Waals surface area contributed by atoms with Crippen molar-refractivity contribution < 1.29 is 9.53 Å². The number of primary amides is 1. The van der Waals surface area contributed by atoms with E-state index in [9.17, 15) is 4.79 Å². The Labute approximate surface area is 160 Å². The highest BCUT2D eigenvalue weighted by molar-refractivity contribution is 8.00. The number of rotatable bonds is 7. The van der Waals surface area contributed by atoms with Gasteiger partial charge in [-0.3, -0.25) is 4.79 Å². The monoisotopic (exact) mass is 397 g/mol. The van der Waals surface area contributed by atoms with Crippen LogP contribution in [-0.2, 0) is 22.6 Å². The molecular formula is C17H23N3O2S3. The Bertz CT molecular complexity index is 793. The summed E-state index contributed by atoms with van der Waals surface area (Å²) in [5, 5.41) is 2.74. The van der Waals surface area contributed by atoms with Crippen molar-refractivity contribution in [3.8, 4) is 0 Å². The minimum atomic E-state index is -0.328. The summed E-state index contributed by atoms with van der Waals surface area (Å²) in [6.07, 6.45) is 2.88. The third-order valence-electron chi connectivity index (χ3n) is 4.32. The number of thioether (sulfide) groups is 2. The summed E-state index contributed by atoms with van der Waals surface area (Å²) in [5.41, 5.74) is 6.49. The van der Waals surface area contributed by atoms with Gasteiger partial charge in [0.1, 0.15) is 9.86 Å². The van der Waals surface area contributed by atoms with Gasteiger partial charge in [-0.15, -0.1) is 11.3 Å². The van der Waals surface area contributed by atoms with E-state index in [1.807, 2.05) is 0 Å². The lowest BCUT2D eigenvalue weighted by Gasteiger charge is -2.33. The zero-order valence-corrected chi connectivity index (χ0v) is 17.2. The van der Waals surface area contributed by atoms with Crippen molar-refractivity contribution in [2.75, 3.05) is 11.5 Å². The smallest absolute Gasteiger partial charge is 0.227 e. The molecule has 1 aliphatic heterocycles. The fraction of sp³-hybridized carbons (Fsp3) is 0.588. The predicted molar refractivity (Wildman–Crippen MR) is 106 cm³/mol. The Morgan fingerprint density at radius 1 is 1.36 bits per heavy atom. The molecule has 0 aliphatic carbocycles. The third-order valence-corrected chi connectivity index (χ3v) is 7.47. The lowest BCUT2D eigenvalue weighted by molar-refractivity contribution is -0.115. The Balaban J connectivity index is 2.07. The van der Waals surface area contributed by atoms with Crippen LogP contribution in [0, 0.1) is 0 Å². The van der Waals surface area contributed by atoms with Crippen molar-refractivity contribution in [3.05, 3.63) is 10.4 Å². The number of nitrogens with two attached hydrogens (primary N) is 1. The van der Waals surface area contributed by atoms with Crippen molar-refractivity contribution >= 4 is 51.0 Å². The van der Waals surface area contributed by atoms with Crippen LogP contribution in [0.1, 0.15) is 44.1 Å². The molecule has 25 heavy (non-hydrogen) atoms. The van der Waals surface area contributed by atoms with E-state index >= 15 is 0 Å². The Hall–Kier alpha value is -0.830. The zero-order chi connectivity index (χ0) is 18.0. The quantitative estimate of drug-likeness (QED) is 0.432. The van der Waals surface area contributed by atoms with Crippen LogP contribution in [0.4, 0.5) is 0 Å². The van der Waals surface area contributed by atoms with Crippen molar-refractivity contribution in [3.63, 3.8) is 0 Å². The van der Waals surface area contributed by atoms with E-state index in [1.165, 1.54) is 22.2 Å². The van der Waals surface area contributed by atoms with Gasteiger partial charge in [-0.05, 0) is 25.3 Å². The van der Waals surface area contributed by atoms with Gasteiger partial charge in [-0.25, -0.2) is 9.97 Å². The molecule has 5 nitrogen and oxygen atoms in total. The number of aromatic nitrogens is 2. The lowest BCUT2D eigenvalue weighted by atomic mass is 9.90. The highest BCUT2D eigenvalue weighted by atomic mass is 32.2. The summed E-state index contributed by atoms with van der Waals surface area (Å²) < 4.78 is 6.08. The Morgan fingerprint density at radius 2 is 2.16 bits per heavy atom. The van der Waals surface area contributed by atoms with Crippen LogP contribution in [0.25, 0.3) is 10.2 Å². The molecule has 8 heteroatoms. The van der Waals surface area contributed by atoms with Gasteiger partial charge >= 0.3 is 0 Å². The topological polar surface area (TPSA) is 78.1 Å². The molecular weight excluding hydrogens is 374 g/mol. The van der Waals surface area contributed by atoms with Gasteiger partial charge < -0.3 is 10.5 Å². The maximum absolute atomic E-state index is 11.3. The number of hydrogen-bond acceptors (Lipinski definition) is 7. The van der Waals surface area contributed by atoms with E-state index in [2.05, 4.69) is 20.8 Å². The van der Waals surface area contributed by atoms with Gasteiger partial charge in [0, 0.05) is 22.4 Å². The van der Waals surface area contributed by atoms with E-state index in [4.69, 9.17) is 20.4 Å². The van der Waals surface area contributed by atoms with Gasteiger partial charge in [0.15, 0.2) is 5.16 Å². The highest BCUT2D eigenvalue weighted by Gasteiger charge is 2.33. The molecule has 1 amide bonds. The van der Waals surface area contributed by atoms with E-state index in [-0.39, 0.29) is 17.3 Å². The summed E-state index contributed by atoms with van der Waals surface area (Å²) in [6, 6.07) is 0. The van der Waals surface area contributed by atoms with Crippen molar-refractivity contribution in [2.24, 2.45) is 5.73 Å². The largest absolute Gasteiger partial charge is 0.369 e. The average Bonchev–Trinajstić information content (AvgIpc) is 2.95. The molecule has 0 fully saturated rings. The number of fused-ring (bicyclic) bond motifs is 3. The number of hydrogen-bond donors (Lipinski definition) is 1. The van der Waals surface area contributed by atoms with Gasteiger partial charge in [0.2, 0.25) is 5.91 Å². The van der Waals surface area contributed by atoms with Gasteiger partial charge in [0.05, 0.1) is 18.0 Å². The molecule has 3 rings (SSSR count). The summed E-state index contributed by atoms with van der Waals surface area (Å²) in [4.78, 5) is 23.0. The van der Waals surface area contributed by atoms with Crippen LogP contribution >= 0.6 is 34.9 Å². The SMILES string of the molecule is CCCSc1nc(SCC(N)=O)c2c3c(sc2n1)CO[C@](C)(CC)C3. The van der Waals surface area contributed by atoms with Crippen LogP contribution in [0.3, 0.4) is 0 Å². The van der Waals surface area contributed by atoms with Crippen molar-refractivity contribution in [2.45, 2.75) is 62.4 Å². The summed E-state index contributed by atoms with van der Waals surface area (Å²) >= 11 is 4.76. The predicted octanol–water partition coefficient (Wildman–Crippen LogP) is 4.01. The van der Waals surface area contributed by atoms with E-state index in [0.717, 1.165) is 45.4 Å². The maximum Gasteiger partial charge on any atom is 0.227 e. The van der Waals surface area contributed by atoms with Gasteiger partial charge in [0.25, 0.3) is 0 Å². The van der Waals surface area contributed by atoms with E-state index in [1.54, 1.807) is 23.1 Å². The van der Waals surface area contributed by atoms with Gasteiger partial charge in [-0.2, -0.15) is 0 Å². The molecule has 2 N–H and O–H groups in total. The molecule has 0 aromatic carbocycles. The first-order chi connectivity index (χ1) is 12.0. The average molecular weight is 398 g/mol. The first-order valence-corrected chi connectivity index (χ1v) is 11.2. The first kappa shape index (κ1) is 18.9. The minimum Gasteiger partial charge on any atom is -0.369 e. The minimum absolute atomic E-state index is 0.151.